The molecule has 0 aliphatic carbocycles. The van der Waals surface area contributed by atoms with Crippen molar-refractivity contribution in [3.8, 4) is 0 Å². The van der Waals surface area contributed by atoms with Crippen molar-refractivity contribution in [1.29, 1.82) is 0 Å². The molecule has 0 radical (unpaired) electrons. The molecule has 0 aliphatic rings. The normalized spacial score (nSPS) is 13.4. The van der Waals surface area contributed by atoms with Crippen LogP contribution in [-0.2, 0) is 9.47 Å². The molecule has 0 fully saturated rings. The molecule has 0 aliphatic heterocycles. The van der Waals surface area contributed by atoms with Gasteiger partial charge in [0.25, 0.3) is 0 Å². The molecule has 0 spiro atoms. The molecule has 29 heavy (non-hydrogen) atoms. The summed E-state index contributed by atoms with van der Waals surface area (Å²) in [6, 6.07) is 0.0811. The molecule has 0 bridgehead atoms. The van der Waals surface area contributed by atoms with Gasteiger partial charge in [-0.25, -0.2) is 0 Å². The van der Waals surface area contributed by atoms with Crippen LogP contribution in [0.15, 0.2) is 12.2 Å². The molecule has 172 valence electrons. The number of carbonyl (C=O) groups excluding carboxylic acids is 1. The molecule has 1 atom stereocenters. The average molecular weight is 518 g/mol. The maximum atomic E-state index is 11.9. The van der Waals surface area contributed by atoms with Gasteiger partial charge >= 0.3 is 186 Å². The summed E-state index contributed by atoms with van der Waals surface area (Å²) in [4.78, 5) is 11.9. The number of unbranched alkanes of at least 4 members (excludes halogenated alkanes) is 3. The summed E-state index contributed by atoms with van der Waals surface area (Å²) in [5.41, 5.74) is 0. The molecule has 0 aromatic rings. The van der Waals surface area contributed by atoms with E-state index < -0.39 is 18.4 Å². The fraction of sp³-hybridized carbons (Fsp3) is 0.875. The molecule has 0 saturated heterocycles. The summed E-state index contributed by atoms with van der Waals surface area (Å²) in [5, 5.41) is 2.79. The van der Waals surface area contributed by atoms with Gasteiger partial charge in [0.15, 0.2) is 0 Å². The Balaban J connectivity index is 4.75. The van der Waals surface area contributed by atoms with E-state index in [0.29, 0.717) is 6.61 Å². The summed E-state index contributed by atoms with van der Waals surface area (Å²) in [6.45, 7) is 15.6. The Hall–Kier alpha value is -0.231. The second-order valence-electron chi connectivity index (χ2n) is 9.17. The van der Waals surface area contributed by atoms with E-state index in [1.54, 1.807) is 0 Å². The Bertz CT molecular complexity index is 416. The van der Waals surface area contributed by atoms with Crippen LogP contribution in [-0.4, -0.2) is 47.8 Å². The number of alkyl carbamates (subject to hydrolysis) is 1. The Kier molecular flexibility index (Phi) is 17.3. The first-order chi connectivity index (χ1) is 13.8. The van der Waals surface area contributed by atoms with Crippen LogP contribution >= 0.6 is 0 Å². The van der Waals surface area contributed by atoms with Crippen molar-refractivity contribution < 1.29 is 14.3 Å². The van der Waals surface area contributed by atoms with Gasteiger partial charge in [0.2, 0.25) is 0 Å². The van der Waals surface area contributed by atoms with Crippen LogP contribution in [0.5, 0.6) is 0 Å². The van der Waals surface area contributed by atoms with Crippen LogP contribution in [0, 0.1) is 5.92 Å². The summed E-state index contributed by atoms with van der Waals surface area (Å²) in [6.07, 6.45) is 11.5. The van der Waals surface area contributed by atoms with E-state index in [1.165, 1.54) is 51.8 Å². The number of rotatable bonds is 17. The molecule has 0 heterocycles. The van der Waals surface area contributed by atoms with E-state index in [2.05, 4.69) is 39.9 Å². The number of hydrogen-bond donors (Lipinski definition) is 1. The second-order valence-corrected chi connectivity index (χ2v) is 22.8. The van der Waals surface area contributed by atoms with Crippen LogP contribution in [0.3, 0.4) is 0 Å². The third-order valence-electron chi connectivity index (χ3n) is 5.44. The van der Waals surface area contributed by atoms with E-state index in [0.717, 1.165) is 4.62 Å². The number of hydrogen-bond acceptors (Lipinski definition) is 3. The topological polar surface area (TPSA) is 47.6 Å². The summed E-state index contributed by atoms with van der Waals surface area (Å²) in [7, 11) is 0. The van der Waals surface area contributed by atoms with Crippen molar-refractivity contribution in [1.82, 2.24) is 5.32 Å². The van der Waals surface area contributed by atoms with Gasteiger partial charge in [0.1, 0.15) is 0 Å². The molecule has 0 saturated carbocycles. The zero-order valence-electron chi connectivity index (χ0n) is 20.4. The van der Waals surface area contributed by atoms with Gasteiger partial charge in [-0.05, 0) is 0 Å². The van der Waals surface area contributed by atoms with Crippen LogP contribution < -0.4 is 5.32 Å². The zero-order valence-corrected chi connectivity index (χ0v) is 23.2. The maximum absolute atomic E-state index is 11.9. The number of nitrogens with one attached hydrogen (secondary N) is 1. The number of carbonyl (C=O) groups is 1. The first-order valence-electron chi connectivity index (χ1n) is 12.0. The van der Waals surface area contributed by atoms with Crippen molar-refractivity contribution in [2.24, 2.45) is 5.92 Å². The van der Waals surface area contributed by atoms with Crippen LogP contribution in [0.1, 0.15) is 87.0 Å². The minimum atomic E-state index is -2.21. The van der Waals surface area contributed by atoms with E-state index in [4.69, 9.17) is 9.47 Å². The first-order valence-corrected chi connectivity index (χ1v) is 20.1. The Morgan fingerprint density at radius 2 is 1.45 bits per heavy atom. The zero-order chi connectivity index (χ0) is 22.1. The predicted molar refractivity (Wildman–Crippen MR) is 128 cm³/mol. The molecule has 0 aromatic heterocycles. The van der Waals surface area contributed by atoms with Crippen molar-refractivity contribution in [2.45, 2.75) is 112 Å². The average Bonchev–Trinajstić information content (AvgIpc) is 2.66. The fourth-order valence-corrected chi connectivity index (χ4v) is 18.0. The van der Waals surface area contributed by atoms with E-state index in [-0.39, 0.29) is 24.2 Å². The van der Waals surface area contributed by atoms with Gasteiger partial charge in [0.05, 0.1) is 0 Å². The van der Waals surface area contributed by atoms with Crippen molar-refractivity contribution >= 4 is 24.5 Å². The summed E-state index contributed by atoms with van der Waals surface area (Å²) in [5.74, 6) is 0.237. The van der Waals surface area contributed by atoms with Crippen LogP contribution in [0.2, 0.25) is 13.3 Å². The fourth-order valence-electron chi connectivity index (χ4n) is 3.57. The molecular formula is C24H49NO3Sn. The van der Waals surface area contributed by atoms with E-state index >= 15 is 0 Å². The van der Waals surface area contributed by atoms with E-state index in [1.807, 2.05) is 26.0 Å². The molecule has 1 amide bonds. The van der Waals surface area contributed by atoms with Gasteiger partial charge in [-0.3, -0.25) is 0 Å². The van der Waals surface area contributed by atoms with Gasteiger partial charge in [-0.15, -0.1) is 0 Å². The number of amides is 1. The number of ether oxygens (including phenoxy) is 2. The Labute approximate surface area is 185 Å². The second kappa shape index (κ2) is 17.4. The Morgan fingerprint density at radius 1 is 0.931 bits per heavy atom. The third kappa shape index (κ3) is 14.4. The third-order valence-corrected chi connectivity index (χ3v) is 19.9. The molecule has 1 unspecified atom stereocenters. The first kappa shape index (κ1) is 28.8. The van der Waals surface area contributed by atoms with E-state index in [9.17, 15) is 4.79 Å². The quantitative estimate of drug-likeness (QED) is 0.127. The molecule has 4 nitrogen and oxygen atoms in total. The minimum absolute atomic E-state index is 0.0811. The predicted octanol–water partition coefficient (Wildman–Crippen LogP) is 7.11. The van der Waals surface area contributed by atoms with Gasteiger partial charge in [-0.2, -0.15) is 0 Å². The molecule has 1 N–H and O–H groups in total. The summed E-state index contributed by atoms with van der Waals surface area (Å²) >= 11 is -2.21. The van der Waals surface area contributed by atoms with Gasteiger partial charge in [-0.1, -0.05) is 0 Å². The SMILES string of the molecule is CCC[CH2][Sn]([CH2]CCC)([CH2]CCC)[CH2]OC/C=C\C(OC(=O)NC(C)C)C(C)C. The van der Waals surface area contributed by atoms with Crippen molar-refractivity contribution in [2.75, 3.05) is 11.2 Å². The van der Waals surface area contributed by atoms with Crippen molar-refractivity contribution in [3.63, 3.8) is 0 Å². The molecule has 0 rings (SSSR count). The molecule has 0 aromatic carbocycles. The van der Waals surface area contributed by atoms with Gasteiger partial charge in [0, 0.05) is 0 Å². The Morgan fingerprint density at radius 3 is 1.86 bits per heavy atom. The molecular weight excluding hydrogens is 469 g/mol. The van der Waals surface area contributed by atoms with Crippen LogP contribution in [0.25, 0.3) is 0 Å². The van der Waals surface area contributed by atoms with Gasteiger partial charge < -0.3 is 0 Å². The van der Waals surface area contributed by atoms with Crippen LogP contribution in [0.4, 0.5) is 4.79 Å². The standard InChI is InChI=1S/C12H22NO3.3C4H9.Sn/c1-9(2)11(7-6-8-15-5)16-12(14)13-10(3)4;3*1-3-4-2;/h6-7,9-11H,5,8H2,1-4H3,(H,13,14);3*1,3-4H2,2H3;/b7-6-;;;;. The molecule has 5 heteroatoms. The van der Waals surface area contributed by atoms with Crippen molar-refractivity contribution in [3.05, 3.63) is 12.2 Å². The summed E-state index contributed by atoms with van der Waals surface area (Å²) < 4.78 is 17.3. The monoisotopic (exact) mass is 519 g/mol.